The number of hydrogen-bond donors (Lipinski definition) is 3. The van der Waals surface area contributed by atoms with Crippen LogP contribution in [0.4, 0.5) is 9.59 Å². The molecule has 1 aromatic heterocycles. The highest BCUT2D eigenvalue weighted by molar-refractivity contribution is 7.17. The van der Waals surface area contributed by atoms with E-state index in [0.717, 1.165) is 37.9 Å². The largest absolute Gasteiger partial charge is 0.480 e. The number of fused-ring (bicyclic) bond motifs is 4. The van der Waals surface area contributed by atoms with E-state index >= 15 is 0 Å². The number of amides is 2. The van der Waals surface area contributed by atoms with Gasteiger partial charge in [0.25, 0.3) is 0 Å². The summed E-state index contributed by atoms with van der Waals surface area (Å²) in [5.41, 5.74) is 5.32. The SMILES string of the molecule is O=C(NCCCC[C@H](NC(=O)OCC1c2ccccc2-c2ccccc21)C(=O)O)OCc1ccc2ccsc2c1. The molecule has 0 unspecified atom stereocenters. The monoisotopic (exact) mass is 558 g/mol. The van der Waals surface area contributed by atoms with Gasteiger partial charge in [-0.2, -0.15) is 0 Å². The first kappa shape index (κ1) is 27.2. The van der Waals surface area contributed by atoms with Crippen LogP contribution in [0, 0.1) is 0 Å². The second-order valence-corrected chi connectivity index (χ2v) is 10.6. The number of nitrogens with one attached hydrogen (secondary N) is 2. The number of thiophene rings is 1. The highest BCUT2D eigenvalue weighted by Crippen LogP contribution is 2.44. The molecule has 9 heteroatoms. The lowest BCUT2D eigenvalue weighted by Gasteiger charge is -2.17. The molecule has 1 heterocycles. The van der Waals surface area contributed by atoms with Crippen LogP contribution in [0.1, 0.15) is 41.9 Å². The fourth-order valence-corrected chi connectivity index (χ4v) is 5.85. The Hall–Kier alpha value is -4.37. The van der Waals surface area contributed by atoms with Crippen molar-refractivity contribution in [2.45, 2.75) is 37.8 Å². The Morgan fingerprint density at radius 3 is 2.33 bits per heavy atom. The van der Waals surface area contributed by atoms with Crippen molar-refractivity contribution in [3.63, 3.8) is 0 Å². The third-order valence-corrected chi connectivity index (χ3v) is 7.89. The van der Waals surface area contributed by atoms with Crippen molar-refractivity contribution >= 4 is 39.6 Å². The quantitative estimate of drug-likeness (QED) is 0.187. The molecule has 0 aliphatic heterocycles. The Balaban J connectivity index is 1.02. The van der Waals surface area contributed by atoms with Crippen molar-refractivity contribution in [1.82, 2.24) is 10.6 Å². The number of aliphatic carboxylic acids is 1. The van der Waals surface area contributed by atoms with E-state index in [1.165, 1.54) is 0 Å². The Morgan fingerprint density at radius 2 is 1.60 bits per heavy atom. The predicted octanol–water partition coefficient (Wildman–Crippen LogP) is 6.29. The van der Waals surface area contributed by atoms with Gasteiger partial charge in [-0.1, -0.05) is 60.7 Å². The number of carboxylic acids is 1. The lowest BCUT2D eigenvalue weighted by molar-refractivity contribution is -0.139. The Labute approximate surface area is 235 Å². The number of alkyl carbamates (subject to hydrolysis) is 2. The molecule has 40 heavy (non-hydrogen) atoms. The molecule has 0 saturated carbocycles. The molecule has 0 fully saturated rings. The fourth-order valence-electron chi connectivity index (χ4n) is 4.99. The van der Waals surface area contributed by atoms with E-state index in [4.69, 9.17) is 9.47 Å². The van der Waals surface area contributed by atoms with Crippen molar-refractivity contribution in [3.05, 3.63) is 94.9 Å². The zero-order valence-corrected chi connectivity index (χ0v) is 22.6. The first-order chi connectivity index (χ1) is 19.5. The van der Waals surface area contributed by atoms with Gasteiger partial charge in [-0.25, -0.2) is 14.4 Å². The van der Waals surface area contributed by atoms with Gasteiger partial charge < -0.3 is 25.2 Å². The highest BCUT2D eigenvalue weighted by Gasteiger charge is 2.29. The fraction of sp³-hybridized carbons (Fsp3) is 0.258. The number of carbonyl (C=O) groups is 3. The van der Waals surface area contributed by atoms with Gasteiger partial charge in [0.05, 0.1) is 0 Å². The first-order valence-electron chi connectivity index (χ1n) is 13.2. The van der Waals surface area contributed by atoms with E-state index in [2.05, 4.69) is 22.8 Å². The topological polar surface area (TPSA) is 114 Å². The van der Waals surface area contributed by atoms with Crippen molar-refractivity contribution in [2.75, 3.05) is 13.2 Å². The summed E-state index contributed by atoms with van der Waals surface area (Å²) in [5, 5.41) is 17.9. The lowest BCUT2D eigenvalue weighted by atomic mass is 9.98. The number of ether oxygens (including phenoxy) is 2. The van der Waals surface area contributed by atoms with Crippen LogP contribution >= 0.6 is 11.3 Å². The summed E-state index contributed by atoms with van der Waals surface area (Å²) in [6, 6.07) is 22.9. The van der Waals surface area contributed by atoms with Crippen LogP contribution in [0.25, 0.3) is 21.2 Å². The predicted molar refractivity (Wildman–Crippen MR) is 153 cm³/mol. The molecule has 0 bridgehead atoms. The first-order valence-corrected chi connectivity index (χ1v) is 14.1. The maximum atomic E-state index is 12.5. The molecule has 2 amide bonds. The van der Waals surface area contributed by atoms with Crippen molar-refractivity contribution in [3.8, 4) is 11.1 Å². The smallest absolute Gasteiger partial charge is 0.407 e. The van der Waals surface area contributed by atoms with Crippen LogP contribution in [0.2, 0.25) is 0 Å². The molecule has 206 valence electrons. The van der Waals surface area contributed by atoms with Gasteiger partial charge in [0.2, 0.25) is 0 Å². The third kappa shape index (κ3) is 6.43. The Bertz CT molecular complexity index is 1470. The summed E-state index contributed by atoms with van der Waals surface area (Å²) in [5.74, 6) is -1.24. The summed E-state index contributed by atoms with van der Waals surface area (Å²) in [6.45, 7) is 0.615. The van der Waals surface area contributed by atoms with Gasteiger partial charge in [0.1, 0.15) is 19.3 Å². The van der Waals surface area contributed by atoms with Crippen molar-refractivity contribution in [1.29, 1.82) is 0 Å². The summed E-state index contributed by atoms with van der Waals surface area (Å²) in [7, 11) is 0. The number of carboxylic acid groups (broad SMARTS) is 1. The van der Waals surface area contributed by atoms with Crippen LogP contribution in [0.3, 0.4) is 0 Å². The maximum absolute atomic E-state index is 12.5. The van der Waals surface area contributed by atoms with Gasteiger partial charge in [-0.15, -0.1) is 11.3 Å². The molecule has 8 nitrogen and oxygen atoms in total. The van der Waals surface area contributed by atoms with Crippen LogP contribution in [0.15, 0.2) is 78.2 Å². The Kier molecular flexibility index (Phi) is 8.61. The average molecular weight is 559 g/mol. The molecule has 5 rings (SSSR count). The van der Waals surface area contributed by atoms with Crippen LogP contribution in [-0.4, -0.2) is 42.5 Å². The van der Waals surface area contributed by atoms with Gasteiger partial charge in [0.15, 0.2) is 0 Å². The average Bonchev–Trinajstić information content (AvgIpc) is 3.56. The van der Waals surface area contributed by atoms with E-state index in [1.54, 1.807) is 11.3 Å². The zero-order chi connectivity index (χ0) is 27.9. The maximum Gasteiger partial charge on any atom is 0.407 e. The van der Waals surface area contributed by atoms with Gasteiger partial charge in [-0.05, 0) is 70.0 Å². The summed E-state index contributed by atoms with van der Waals surface area (Å²) in [6.07, 6.45) is -0.0751. The number of rotatable bonds is 11. The minimum atomic E-state index is -1.14. The van der Waals surface area contributed by atoms with Crippen LogP contribution in [-0.2, 0) is 20.9 Å². The summed E-state index contributed by atoms with van der Waals surface area (Å²) >= 11 is 1.63. The second kappa shape index (κ2) is 12.7. The third-order valence-electron chi connectivity index (χ3n) is 7.01. The van der Waals surface area contributed by atoms with Gasteiger partial charge in [-0.3, -0.25) is 0 Å². The molecule has 0 saturated heterocycles. The summed E-state index contributed by atoms with van der Waals surface area (Å²) in [4.78, 5) is 36.2. The minimum Gasteiger partial charge on any atom is -0.480 e. The van der Waals surface area contributed by atoms with Crippen molar-refractivity contribution < 1.29 is 29.0 Å². The van der Waals surface area contributed by atoms with Gasteiger partial charge >= 0.3 is 18.2 Å². The van der Waals surface area contributed by atoms with Crippen LogP contribution < -0.4 is 10.6 Å². The molecule has 1 aliphatic carbocycles. The number of carbonyl (C=O) groups excluding carboxylic acids is 2. The molecule has 1 atom stereocenters. The summed E-state index contributed by atoms with van der Waals surface area (Å²) < 4.78 is 11.9. The minimum absolute atomic E-state index is 0.106. The molecule has 3 aromatic carbocycles. The van der Waals surface area contributed by atoms with Crippen molar-refractivity contribution in [2.24, 2.45) is 0 Å². The number of hydrogen-bond acceptors (Lipinski definition) is 6. The zero-order valence-electron chi connectivity index (χ0n) is 21.8. The van der Waals surface area contributed by atoms with Crippen LogP contribution in [0.5, 0.6) is 0 Å². The van der Waals surface area contributed by atoms with Gasteiger partial charge in [0, 0.05) is 17.2 Å². The lowest BCUT2D eigenvalue weighted by Crippen LogP contribution is -2.41. The highest BCUT2D eigenvalue weighted by atomic mass is 32.1. The molecule has 0 radical (unpaired) electrons. The van der Waals surface area contributed by atoms with E-state index < -0.39 is 24.2 Å². The van der Waals surface area contributed by atoms with E-state index in [0.29, 0.717) is 19.4 Å². The molecule has 3 N–H and O–H groups in total. The standard InChI is InChI=1S/C31H30N2O6S/c34-29(35)27(11-5-6-15-32-30(36)38-18-20-12-13-21-14-16-40-28(21)17-20)33-31(37)39-19-26-24-9-3-1-7-22(24)23-8-2-4-10-25(23)26/h1-4,7-10,12-14,16-17,26-27H,5-6,11,15,18-19H2,(H,32,36)(H,33,37)(H,34,35)/t27-/m0/s1. The number of benzene rings is 3. The van der Waals surface area contributed by atoms with E-state index in [9.17, 15) is 19.5 Å². The molecule has 0 spiro atoms. The molecule has 4 aromatic rings. The van der Waals surface area contributed by atoms with E-state index in [-0.39, 0.29) is 25.6 Å². The van der Waals surface area contributed by atoms with E-state index in [1.807, 2.05) is 66.0 Å². The molecular weight excluding hydrogens is 528 g/mol. The number of unbranched alkanes of at least 4 members (excludes halogenated alkanes) is 1. The second-order valence-electron chi connectivity index (χ2n) is 9.65. The molecule has 1 aliphatic rings. The Morgan fingerprint density at radius 1 is 0.875 bits per heavy atom. The normalized spacial score (nSPS) is 12.8. The molecular formula is C31H30N2O6S.